The molecule has 40 heavy (non-hydrogen) atoms. The number of rotatable bonds is 12. The lowest BCUT2D eigenvalue weighted by atomic mass is 9.88. The van der Waals surface area contributed by atoms with E-state index in [9.17, 15) is 28.8 Å². The van der Waals surface area contributed by atoms with Crippen LogP contribution in [0.25, 0.3) is 0 Å². The standard InChI is InChI=1S/C28H35FN6O5/c1-15(2)11-22(28(39)33-20(14-30)13-18-5-4-10-32-26(18)37)34-27(38)21(12-17-6-8-19(29)9-7-17)23-16(3)40-35-24(23)25(31)36/h6-9,15,18,20-22H,4-5,10-13H2,1-3H3,(H2,31,36)(H,32,37)(H,33,39)(H,34,38)/t18-,20-,21-,22-/m0/s1. The molecule has 214 valence electrons. The molecule has 12 heteroatoms. The molecule has 2 aromatic rings. The highest BCUT2D eigenvalue weighted by molar-refractivity contribution is 5.96. The van der Waals surface area contributed by atoms with E-state index in [2.05, 4.69) is 21.1 Å². The topological polar surface area (TPSA) is 180 Å². The Morgan fingerprint density at radius 2 is 1.93 bits per heavy atom. The fourth-order valence-corrected chi connectivity index (χ4v) is 4.89. The van der Waals surface area contributed by atoms with E-state index >= 15 is 0 Å². The molecule has 5 N–H and O–H groups in total. The predicted octanol–water partition coefficient (Wildman–Crippen LogP) is 2.00. The Balaban J connectivity index is 1.85. The molecule has 0 unspecified atom stereocenters. The first-order valence-corrected chi connectivity index (χ1v) is 13.3. The summed E-state index contributed by atoms with van der Waals surface area (Å²) in [7, 11) is 0. The van der Waals surface area contributed by atoms with Crippen molar-refractivity contribution in [1.82, 2.24) is 21.1 Å². The molecule has 0 saturated carbocycles. The molecule has 4 amide bonds. The van der Waals surface area contributed by atoms with Crippen molar-refractivity contribution in [3.63, 3.8) is 0 Å². The van der Waals surface area contributed by atoms with Gasteiger partial charge in [0.1, 0.15) is 23.7 Å². The molecule has 0 bridgehead atoms. The molecule has 1 fully saturated rings. The van der Waals surface area contributed by atoms with E-state index in [-0.39, 0.29) is 54.0 Å². The van der Waals surface area contributed by atoms with Crippen molar-refractivity contribution >= 4 is 23.6 Å². The third-order valence-corrected chi connectivity index (χ3v) is 6.89. The number of hydrogen-bond acceptors (Lipinski definition) is 7. The van der Waals surface area contributed by atoms with Crippen LogP contribution in [0, 0.1) is 35.9 Å². The Bertz CT molecular complexity index is 1270. The lowest BCUT2D eigenvalue weighted by Gasteiger charge is -2.27. The third kappa shape index (κ3) is 7.88. The number of nitriles is 1. The molecule has 1 aromatic carbocycles. The smallest absolute Gasteiger partial charge is 0.271 e. The van der Waals surface area contributed by atoms with Crippen LogP contribution < -0.4 is 21.7 Å². The normalized spacial score (nSPS) is 17.3. The molecule has 2 heterocycles. The number of carbonyl (C=O) groups is 4. The van der Waals surface area contributed by atoms with Crippen LogP contribution in [0.5, 0.6) is 0 Å². The summed E-state index contributed by atoms with van der Waals surface area (Å²) in [6, 6.07) is 5.64. The summed E-state index contributed by atoms with van der Waals surface area (Å²) in [6.07, 6.45) is 1.87. The Labute approximate surface area is 232 Å². The summed E-state index contributed by atoms with van der Waals surface area (Å²) in [4.78, 5) is 51.3. The molecule has 3 rings (SSSR count). The van der Waals surface area contributed by atoms with Crippen molar-refractivity contribution in [3.05, 3.63) is 52.7 Å². The molecule has 11 nitrogen and oxygen atoms in total. The number of nitrogens with two attached hydrogens (primary N) is 1. The van der Waals surface area contributed by atoms with E-state index in [0.717, 1.165) is 6.42 Å². The molecule has 1 saturated heterocycles. The van der Waals surface area contributed by atoms with Crippen molar-refractivity contribution in [2.45, 2.75) is 70.9 Å². The van der Waals surface area contributed by atoms with Crippen molar-refractivity contribution in [3.8, 4) is 6.07 Å². The van der Waals surface area contributed by atoms with Crippen LogP contribution >= 0.6 is 0 Å². The minimum Gasteiger partial charge on any atom is -0.364 e. The Kier molecular flexibility index (Phi) is 10.4. The number of aryl methyl sites for hydroxylation is 1. The van der Waals surface area contributed by atoms with E-state index in [0.29, 0.717) is 18.5 Å². The second-order valence-corrected chi connectivity index (χ2v) is 10.5. The highest BCUT2D eigenvalue weighted by Crippen LogP contribution is 2.28. The minimum atomic E-state index is -1.04. The highest BCUT2D eigenvalue weighted by Gasteiger charge is 2.34. The summed E-state index contributed by atoms with van der Waals surface area (Å²) in [5.74, 6) is -3.88. The highest BCUT2D eigenvalue weighted by atomic mass is 19.1. The molecule has 1 aromatic heterocycles. The third-order valence-electron chi connectivity index (χ3n) is 6.89. The van der Waals surface area contributed by atoms with Gasteiger partial charge in [-0.15, -0.1) is 0 Å². The minimum absolute atomic E-state index is 0.00485. The quantitative estimate of drug-likeness (QED) is 0.310. The van der Waals surface area contributed by atoms with E-state index < -0.39 is 41.5 Å². The predicted molar refractivity (Wildman–Crippen MR) is 142 cm³/mol. The van der Waals surface area contributed by atoms with Crippen molar-refractivity contribution < 1.29 is 28.1 Å². The SMILES string of the molecule is Cc1onc(C(N)=O)c1[C@H](Cc1ccc(F)cc1)C(=O)N[C@@H](CC(C)C)C(=O)N[C@H](C#N)C[C@@H]1CCCNC1=O. The summed E-state index contributed by atoms with van der Waals surface area (Å²) in [6.45, 7) is 5.89. The molecule has 0 spiro atoms. The Hall–Kier alpha value is -4.27. The number of nitrogens with zero attached hydrogens (tertiary/aromatic N) is 2. The van der Waals surface area contributed by atoms with Crippen molar-refractivity contribution in [2.24, 2.45) is 17.6 Å². The molecule has 0 radical (unpaired) electrons. The first-order chi connectivity index (χ1) is 19.0. The van der Waals surface area contributed by atoms with Crippen LogP contribution in [0.15, 0.2) is 28.8 Å². The molecule has 0 aliphatic carbocycles. The van der Waals surface area contributed by atoms with Gasteiger partial charge >= 0.3 is 0 Å². The molecule has 1 aliphatic rings. The summed E-state index contributed by atoms with van der Waals surface area (Å²) in [5, 5.41) is 21.6. The van der Waals surface area contributed by atoms with Gasteiger partial charge in [0.05, 0.1) is 12.0 Å². The first kappa shape index (κ1) is 30.3. The molecule has 1 aliphatic heterocycles. The number of halogens is 1. The van der Waals surface area contributed by atoms with Gasteiger partial charge in [0, 0.05) is 18.0 Å². The fourth-order valence-electron chi connectivity index (χ4n) is 4.89. The molecular formula is C28H35FN6O5. The maximum atomic E-state index is 13.7. The lowest BCUT2D eigenvalue weighted by molar-refractivity contribution is -0.130. The van der Waals surface area contributed by atoms with Gasteiger partial charge in [0.25, 0.3) is 5.91 Å². The van der Waals surface area contributed by atoms with Gasteiger partial charge in [0.15, 0.2) is 5.69 Å². The van der Waals surface area contributed by atoms with Gasteiger partial charge in [-0.05, 0) is 62.6 Å². The Morgan fingerprint density at radius 1 is 1.23 bits per heavy atom. The number of piperidine rings is 1. The number of hydrogen-bond donors (Lipinski definition) is 4. The van der Waals surface area contributed by atoms with Gasteiger partial charge in [0.2, 0.25) is 17.7 Å². The zero-order valence-electron chi connectivity index (χ0n) is 22.8. The van der Waals surface area contributed by atoms with Gasteiger partial charge in [-0.1, -0.05) is 31.1 Å². The summed E-state index contributed by atoms with van der Waals surface area (Å²) in [5.41, 5.74) is 6.05. The second kappa shape index (κ2) is 13.7. The lowest BCUT2D eigenvalue weighted by Crippen LogP contribution is -2.52. The van der Waals surface area contributed by atoms with Crippen LogP contribution in [-0.4, -0.2) is 47.4 Å². The van der Waals surface area contributed by atoms with Gasteiger partial charge in [-0.3, -0.25) is 19.2 Å². The fraction of sp³-hybridized carbons (Fsp3) is 0.500. The first-order valence-electron chi connectivity index (χ1n) is 13.3. The molecular weight excluding hydrogens is 519 g/mol. The maximum Gasteiger partial charge on any atom is 0.271 e. The second-order valence-electron chi connectivity index (χ2n) is 10.5. The number of aromatic nitrogens is 1. The summed E-state index contributed by atoms with van der Waals surface area (Å²) < 4.78 is 18.7. The maximum absolute atomic E-state index is 13.7. The number of carbonyl (C=O) groups excluding carboxylic acids is 4. The number of nitrogens with one attached hydrogen (secondary N) is 3. The summed E-state index contributed by atoms with van der Waals surface area (Å²) >= 11 is 0. The van der Waals surface area contributed by atoms with Gasteiger partial charge < -0.3 is 26.2 Å². The zero-order chi connectivity index (χ0) is 29.4. The van der Waals surface area contributed by atoms with Crippen molar-refractivity contribution in [2.75, 3.05) is 6.54 Å². The van der Waals surface area contributed by atoms with Gasteiger partial charge in [-0.2, -0.15) is 5.26 Å². The van der Waals surface area contributed by atoms with E-state index in [1.807, 2.05) is 19.9 Å². The van der Waals surface area contributed by atoms with E-state index in [1.165, 1.54) is 31.2 Å². The van der Waals surface area contributed by atoms with Crippen LogP contribution in [0.3, 0.4) is 0 Å². The monoisotopic (exact) mass is 554 g/mol. The van der Waals surface area contributed by atoms with Gasteiger partial charge in [-0.25, -0.2) is 4.39 Å². The average molecular weight is 555 g/mol. The molecule has 4 atom stereocenters. The van der Waals surface area contributed by atoms with Crippen molar-refractivity contribution in [1.29, 1.82) is 5.26 Å². The van der Waals surface area contributed by atoms with Crippen LogP contribution in [-0.2, 0) is 20.8 Å². The van der Waals surface area contributed by atoms with E-state index in [1.54, 1.807) is 0 Å². The van der Waals surface area contributed by atoms with Crippen LogP contribution in [0.2, 0.25) is 0 Å². The Morgan fingerprint density at radius 3 is 2.52 bits per heavy atom. The average Bonchev–Trinajstić information content (AvgIpc) is 3.29. The zero-order valence-corrected chi connectivity index (χ0v) is 22.8. The van der Waals surface area contributed by atoms with E-state index in [4.69, 9.17) is 10.3 Å². The number of amides is 4. The number of benzene rings is 1. The number of primary amides is 1. The largest absolute Gasteiger partial charge is 0.364 e. The van der Waals surface area contributed by atoms with Crippen LogP contribution in [0.4, 0.5) is 4.39 Å². The van der Waals surface area contributed by atoms with Crippen LogP contribution in [0.1, 0.15) is 72.8 Å².